The zero-order valence-corrected chi connectivity index (χ0v) is 41.8. The Bertz CT molecular complexity index is 1640. The predicted octanol–water partition coefficient (Wildman–Crippen LogP) is 2.91. The Morgan fingerprint density at radius 1 is 0.521 bits per heavy atom. The first-order valence-corrected chi connectivity index (χ1v) is 25.1. The maximum atomic E-state index is 13.2. The summed E-state index contributed by atoms with van der Waals surface area (Å²) in [6.07, 6.45) is 5.86. The molecule has 1 aromatic carbocycles. The highest BCUT2D eigenvalue weighted by Crippen LogP contribution is 2.32. The molecule has 404 valence electrons. The van der Waals surface area contributed by atoms with Crippen molar-refractivity contribution >= 4 is 41.2 Å². The first kappa shape index (κ1) is 61.3. The Balaban J connectivity index is 0.947. The summed E-state index contributed by atoms with van der Waals surface area (Å²) in [4.78, 5) is 75.2. The van der Waals surface area contributed by atoms with Crippen molar-refractivity contribution in [2.45, 2.75) is 77.2 Å². The van der Waals surface area contributed by atoms with Gasteiger partial charge in [-0.2, -0.15) is 0 Å². The van der Waals surface area contributed by atoms with Crippen LogP contribution in [-0.2, 0) is 80.8 Å². The molecule has 2 heterocycles. The van der Waals surface area contributed by atoms with E-state index in [-0.39, 0.29) is 54.6 Å². The Morgan fingerprint density at radius 2 is 0.944 bits per heavy atom. The molecule has 0 aromatic heterocycles. The van der Waals surface area contributed by atoms with E-state index in [2.05, 4.69) is 17.6 Å². The van der Waals surface area contributed by atoms with E-state index in [1.54, 1.807) is 12.1 Å². The number of anilines is 1. The van der Waals surface area contributed by atoms with Crippen molar-refractivity contribution in [3.05, 3.63) is 29.3 Å². The average molecular weight is 1010 g/mol. The van der Waals surface area contributed by atoms with E-state index < -0.39 is 29.7 Å². The monoisotopic (exact) mass is 1010 g/mol. The van der Waals surface area contributed by atoms with Gasteiger partial charge >= 0.3 is 5.97 Å². The molecule has 22 heteroatoms. The van der Waals surface area contributed by atoms with Crippen molar-refractivity contribution < 1.29 is 90.3 Å². The lowest BCUT2D eigenvalue weighted by Gasteiger charge is -2.27. The lowest BCUT2D eigenvalue weighted by atomic mass is 10.0. The van der Waals surface area contributed by atoms with Crippen molar-refractivity contribution in [1.29, 1.82) is 0 Å². The highest BCUT2D eigenvalue weighted by Gasteiger charge is 2.45. The number of hydrogen-bond acceptors (Lipinski definition) is 19. The fraction of sp³-hybridized carbons (Fsp3) is 0.755. The minimum Gasteiger partial charge on any atom is -0.463 e. The first-order valence-electron chi connectivity index (χ1n) is 25.1. The summed E-state index contributed by atoms with van der Waals surface area (Å²) in [5.74, 6) is -2.90. The van der Waals surface area contributed by atoms with E-state index in [0.29, 0.717) is 171 Å². The summed E-state index contributed by atoms with van der Waals surface area (Å²) in [6.45, 7) is 13.3. The van der Waals surface area contributed by atoms with E-state index in [1.807, 2.05) is 0 Å². The van der Waals surface area contributed by atoms with Crippen molar-refractivity contribution in [2.75, 3.05) is 170 Å². The number of fused-ring (bicyclic) bond motifs is 1. The summed E-state index contributed by atoms with van der Waals surface area (Å²) >= 11 is 0. The van der Waals surface area contributed by atoms with Gasteiger partial charge in [-0.25, -0.2) is 0 Å². The number of amides is 5. The van der Waals surface area contributed by atoms with Crippen LogP contribution in [0.1, 0.15) is 91.8 Å². The molecular weight excluding hydrogens is 935 g/mol. The van der Waals surface area contributed by atoms with Crippen molar-refractivity contribution in [1.82, 2.24) is 10.2 Å². The molecule has 2 aliphatic heterocycles. The van der Waals surface area contributed by atoms with Gasteiger partial charge in [-0.1, -0.05) is 32.3 Å². The van der Waals surface area contributed by atoms with Crippen LogP contribution in [-0.4, -0.2) is 212 Å². The highest BCUT2D eigenvalue weighted by molar-refractivity contribution is 6.26. The Labute approximate surface area is 417 Å². The number of hydrogen-bond donors (Lipinski definition) is 2. The summed E-state index contributed by atoms with van der Waals surface area (Å²) < 4.78 is 71.1. The maximum Gasteiger partial charge on any atom is 0.305 e. The van der Waals surface area contributed by atoms with Gasteiger partial charge in [0, 0.05) is 25.9 Å². The second-order valence-corrected chi connectivity index (χ2v) is 16.1. The van der Waals surface area contributed by atoms with Crippen LogP contribution in [0.25, 0.3) is 0 Å². The number of imide groups is 2. The molecule has 0 bridgehead atoms. The molecule has 1 aromatic rings. The van der Waals surface area contributed by atoms with Crippen molar-refractivity contribution in [3.8, 4) is 0 Å². The molecule has 1 atom stereocenters. The zero-order chi connectivity index (χ0) is 50.8. The van der Waals surface area contributed by atoms with Gasteiger partial charge in [-0.3, -0.25) is 39.0 Å². The SMILES string of the molecule is CCCCCC(=O)OCCOCCOCCOCCOCCOCCOCCOCCOCCOCCOCCOCCOCCCCCC(=O)Nc1cccc2c1C(=O)N(C1CCC(=O)NC1=O)C2=O. The number of rotatable bonds is 48. The standard InChI is InChI=1S/C49H79N3O19/c1-2-3-5-12-45(55)71-39-38-70-37-36-69-35-34-68-33-32-67-31-30-66-29-28-65-27-26-64-25-24-63-23-22-62-21-20-61-19-18-60-17-16-59-15-7-4-6-11-43(53)50-41-10-8-9-40-46(41)49(58)52(48(40)57)42-13-14-44(54)51-47(42)56/h8-10,42H,2-7,11-39H2,1H3,(H,50,53)(H,51,54,56). The smallest absolute Gasteiger partial charge is 0.305 e. The van der Waals surface area contributed by atoms with Crippen molar-refractivity contribution in [3.63, 3.8) is 0 Å². The lowest BCUT2D eigenvalue weighted by molar-refractivity contribution is -0.145. The van der Waals surface area contributed by atoms with Gasteiger partial charge < -0.3 is 66.9 Å². The molecule has 0 saturated carbocycles. The molecule has 2 N–H and O–H groups in total. The average Bonchev–Trinajstić information content (AvgIpc) is 3.61. The number of unbranched alkanes of at least 4 members (excludes halogenated alkanes) is 4. The van der Waals surface area contributed by atoms with Crippen LogP contribution in [0.5, 0.6) is 0 Å². The summed E-state index contributed by atoms with van der Waals surface area (Å²) in [5.41, 5.74) is 0.370. The van der Waals surface area contributed by atoms with Crippen LogP contribution in [0.2, 0.25) is 0 Å². The number of piperidine rings is 1. The van der Waals surface area contributed by atoms with Crippen LogP contribution in [0.15, 0.2) is 18.2 Å². The van der Waals surface area contributed by atoms with Gasteiger partial charge in [0.2, 0.25) is 17.7 Å². The second kappa shape index (κ2) is 41.4. The molecule has 1 unspecified atom stereocenters. The highest BCUT2D eigenvalue weighted by atomic mass is 16.6. The third-order valence-electron chi connectivity index (χ3n) is 10.5. The largest absolute Gasteiger partial charge is 0.463 e. The van der Waals surface area contributed by atoms with E-state index >= 15 is 0 Å². The molecule has 2 aliphatic rings. The minimum absolute atomic E-state index is 0.0242. The summed E-state index contributed by atoms with van der Waals surface area (Å²) in [7, 11) is 0. The van der Waals surface area contributed by atoms with Crippen LogP contribution >= 0.6 is 0 Å². The molecule has 1 fully saturated rings. The van der Waals surface area contributed by atoms with Gasteiger partial charge in [0.15, 0.2) is 0 Å². The number of nitrogens with zero attached hydrogens (tertiary/aromatic N) is 1. The first-order chi connectivity index (χ1) is 34.8. The Morgan fingerprint density at radius 3 is 1.38 bits per heavy atom. The van der Waals surface area contributed by atoms with Gasteiger partial charge in [-0.05, 0) is 37.8 Å². The number of esters is 1. The molecule has 1 saturated heterocycles. The Hall–Kier alpha value is -4.04. The fourth-order valence-electron chi connectivity index (χ4n) is 6.83. The van der Waals surface area contributed by atoms with E-state index in [1.165, 1.54) is 6.07 Å². The quantitative estimate of drug-likeness (QED) is 0.0541. The van der Waals surface area contributed by atoms with Gasteiger partial charge in [0.25, 0.3) is 11.8 Å². The summed E-state index contributed by atoms with van der Waals surface area (Å²) in [6, 6.07) is 3.52. The molecule has 22 nitrogen and oxygen atoms in total. The van der Waals surface area contributed by atoms with E-state index in [9.17, 15) is 28.8 Å². The third kappa shape index (κ3) is 28.7. The van der Waals surface area contributed by atoms with E-state index in [0.717, 1.165) is 37.0 Å². The molecule has 0 spiro atoms. The van der Waals surface area contributed by atoms with Crippen LogP contribution in [0.3, 0.4) is 0 Å². The molecular formula is C49H79N3O19. The fourth-order valence-corrected chi connectivity index (χ4v) is 6.83. The number of carbonyl (C=O) groups is 6. The Kier molecular flexibility index (Phi) is 35.8. The van der Waals surface area contributed by atoms with Gasteiger partial charge in [0.05, 0.1) is 169 Å². The summed E-state index contributed by atoms with van der Waals surface area (Å²) in [5, 5.41) is 4.91. The number of ether oxygens (including phenoxy) is 13. The van der Waals surface area contributed by atoms with Crippen LogP contribution in [0, 0.1) is 0 Å². The lowest BCUT2D eigenvalue weighted by Crippen LogP contribution is -2.54. The van der Waals surface area contributed by atoms with E-state index in [4.69, 9.17) is 61.6 Å². The molecule has 0 aliphatic carbocycles. The second-order valence-electron chi connectivity index (χ2n) is 16.1. The van der Waals surface area contributed by atoms with Crippen molar-refractivity contribution in [2.24, 2.45) is 0 Å². The molecule has 71 heavy (non-hydrogen) atoms. The topological polar surface area (TPSA) is 250 Å². The molecule has 5 amide bonds. The number of nitrogens with one attached hydrogen (secondary N) is 2. The normalized spacial score (nSPS) is 14.6. The predicted molar refractivity (Wildman–Crippen MR) is 255 cm³/mol. The van der Waals surface area contributed by atoms with Gasteiger partial charge in [0.1, 0.15) is 12.6 Å². The van der Waals surface area contributed by atoms with Crippen LogP contribution < -0.4 is 10.6 Å². The molecule has 3 rings (SSSR count). The minimum atomic E-state index is -1.08. The number of benzene rings is 1. The molecule has 0 radical (unpaired) electrons. The van der Waals surface area contributed by atoms with Gasteiger partial charge in [-0.15, -0.1) is 0 Å². The number of carbonyl (C=O) groups excluding carboxylic acids is 6. The zero-order valence-electron chi connectivity index (χ0n) is 41.8. The maximum absolute atomic E-state index is 13.2. The van der Waals surface area contributed by atoms with Crippen LogP contribution in [0.4, 0.5) is 5.69 Å². The third-order valence-corrected chi connectivity index (χ3v) is 10.5.